The molecule has 1 N–H and O–H groups in total. The largest absolute Gasteiger partial charge is 0.481 e. The Morgan fingerprint density at radius 2 is 2.11 bits per heavy atom. The topological polar surface area (TPSA) is 66.8 Å². The highest BCUT2D eigenvalue weighted by molar-refractivity contribution is 5.84. The summed E-state index contributed by atoms with van der Waals surface area (Å²) in [7, 11) is 0. The SMILES string of the molecule is O=C(O)C1CCN(C(=O)C2Cc3ccccc3O2)C1. The van der Waals surface area contributed by atoms with E-state index in [9.17, 15) is 9.59 Å². The average molecular weight is 261 g/mol. The van der Waals surface area contributed by atoms with Crippen LogP contribution in [0.1, 0.15) is 12.0 Å². The van der Waals surface area contributed by atoms with Crippen LogP contribution in [-0.2, 0) is 16.0 Å². The predicted molar refractivity (Wildman–Crippen MR) is 66.9 cm³/mol. The number of hydrogen-bond donors (Lipinski definition) is 1. The molecule has 2 heterocycles. The van der Waals surface area contributed by atoms with Crippen molar-refractivity contribution in [3.8, 4) is 5.75 Å². The Hall–Kier alpha value is -2.04. The first kappa shape index (κ1) is 12.0. The third kappa shape index (κ3) is 2.16. The summed E-state index contributed by atoms with van der Waals surface area (Å²) < 4.78 is 5.64. The molecule has 0 saturated carbocycles. The van der Waals surface area contributed by atoms with E-state index in [0.717, 1.165) is 11.3 Å². The Bertz CT molecular complexity index is 503. The molecule has 19 heavy (non-hydrogen) atoms. The van der Waals surface area contributed by atoms with E-state index in [0.29, 0.717) is 25.9 Å². The van der Waals surface area contributed by atoms with Crippen LogP contribution in [0.25, 0.3) is 0 Å². The summed E-state index contributed by atoms with van der Waals surface area (Å²) in [5, 5.41) is 8.95. The molecule has 0 aliphatic carbocycles. The van der Waals surface area contributed by atoms with Crippen LogP contribution >= 0.6 is 0 Å². The van der Waals surface area contributed by atoms with E-state index in [2.05, 4.69) is 0 Å². The van der Waals surface area contributed by atoms with Gasteiger partial charge in [0.05, 0.1) is 5.92 Å². The molecule has 1 aromatic carbocycles. The van der Waals surface area contributed by atoms with E-state index in [1.165, 1.54) is 0 Å². The van der Waals surface area contributed by atoms with E-state index in [-0.39, 0.29) is 5.91 Å². The van der Waals surface area contributed by atoms with Crippen LogP contribution in [0.3, 0.4) is 0 Å². The van der Waals surface area contributed by atoms with Crippen LogP contribution in [0.15, 0.2) is 24.3 Å². The molecule has 0 aromatic heterocycles. The van der Waals surface area contributed by atoms with Crippen molar-refractivity contribution in [2.24, 2.45) is 5.92 Å². The third-order valence-electron chi connectivity index (χ3n) is 3.77. The van der Waals surface area contributed by atoms with E-state index in [1.54, 1.807) is 4.90 Å². The molecule has 2 aliphatic rings. The zero-order valence-electron chi connectivity index (χ0n) is 10.4. The minimum Gasteiger partial charge on any atom is -0.481 e. The lowest BCUT2D eigenvalue weighted by atomic mass is 10.1. The second-order valence-electron chi connectivity index (χ2n) is 5.03. The van der Waals surface area contributed by atoms with Gasteiger partial charge < -0.3 is 14.7 Å². The van der Waals surface area contributed by atoms with Gasteiger partial charge in [-0.1, -0.05) is 18.2 Å². The molecule has 0 spiro atoms. The molecule has 5 heteroatoms. The van der Waals surface area contributed by atoms with Crippen LogP contribution in [0.5, 0.6) is 5.75 Å². The smallest absolute Gasteiger partial charge is 0.308 e. The van der Waals surface area contributed by atoms with Gasteiger partial charge in [0, 0.05) is 19.5 Å². The van der Waals surface area contributed by atoms with Gasteiger partial charge in [-0.2, -0.15) is 0 Å². The molecule has 0 radical (unpaired) electrons. The Balaban J connectivity index is 1.66. The number of rotatable bonds is 2. The summed E-state index contributed by atoms with van der Waals surface area (Å²) in [6, 6.07) is 7.60. The van der Waals surface area contributed by atoms with Crippen LogP contribution in [0.2, 0.25) is 0 Å². The van der Waals surface area contributed by atoms with Crippen molar-refractivity contribution in [1.29, 1.82) is 0 Å². The van der Waals surface area contributed by atoms with E-state index in [1.807, 2.05) is 24.3 Å². The zero-order chi connectivity index (χ0) is 13.4. The van der Waals surface area contributed by atoms with E-state index >= 15 is 0 Å². The fourth-order valence-corrected chi connectivity index (χ4v) is 2.69. The van der Waals surface area contributed by atoms with Gasteiger partial charge in [-0.15, -0.1) is 0 Å². The molecule has 0 bridgehead atoms. The number of ether oxygens (including phenoxy) is 1. The van der Waals surface area contributed by atoms with Crippen LogP contribution in [-0.4, -0.2) is 41.1 Å². The summed E-state index contributed by atoms with van der Waals surface area (Å²) in [5.74, 6) is -0.603. The second kappa shape index (κ2) is 4.57. The van der Waals surface area contributed by atoms with E-state index < -0.39 is 18.0 Å². The number of likely N-dealkylation sites (tertiary alicyclic amines) is 1. The summed E-state index contributed by atoms with van der Waals surface area (Å²) in [6.07, 6.45) is 0.606. The number of carbonyl (C=O) groups excluding carboxylic acids is 1. The number of hydrogen-bond acceptors (Lipinski definition) is 3. The van der Waals surface area contributed by atoms with E-state index in [4.69, 9.17) is 9.84 Å². The summed E-state index contributed by atoms with van der Waals surface area (Å²) in [6.45, 7) is 0.802. The minimum atomic E-state index is -0.828. The molecule has 5 nitrogen and oxygen atoms in total. The number of fused-ring (bicyclic) bond motifs is 1. The molecule has 1 amide bonds. The first-order valence-electron chi connectivity index (χ1n) is 6.41. The van der Waals surface area contributed by atoms with Gasteiger partial charge in [0.25, 0.3) is 5.91 Å². The number of para-hydroxylation sites is 1. The lowest BCUT2D eigenvalue weighted by Crippen LogP contribution is -2.40. The first-order valence-corrected chi connectivity index (χ1v) is 6.41. The van der Waals surface area contributed by atoms with Gasteiger partial charge >= 0.3 is 5.97 Å². The lowest BCUT2D eigenvalue weighted by Gasteiger charge is -2.19. The Labute approximate surface area is 110 Å². The molecular weight excluding hydrogens is 246 g/mol. The molecule has 1 saturated heterocycles. The third-order valence-corrected chi connectivity index (χ3v) is 3.77. The monoisotopic (exact) mass is 261 g/mol. The molecule has 3 rings (SSSR count). The number of amides is 1. The Morgan fingerprint density at radius 1 is 1.32 bits per heavy atom. The summed E-state index contributed by atoms with van der Waals surface area (Å²) in [4.78, 5) is 24.8. The average Bonchev–Trinajstić information content (AvgIpc) is 3.04. The van der Waals surface area contributed by atoms with Crippen molar-refractivity contribution in [3.63, 3.8) is 0 Å². The van der Waals surface area contributed by atoms with Gasteiger partial charge in [0.1, 0.15) is 5.75 Å². The highest BCUT2D eigenvalue weighted by atomic mass is 16.5. The predicted octanol–water partition coefficient (Wildman–Crippen LogP) is 0.923. The second-order valence-corrected chi connectivity index (χ2v) is 5.03. The highest BCUT2D eigenvalue weighted by Crippen LogP contribution is 2.30. The quantitative estimate of drug-likeness (QED) is 0.859. The fourth-order valence-electron chi connectivity index (χ4n) is 2.69. The first-order chi connectivity index (χ1) is 9.15. The van der Waals surface area contributed by atoms with Crippen molar-refractivity contribution >= 4 is 11.9 Å². The molecule has 100 valence electrons. The number of carboxylic acids is 1. The Kier molecular flexibility index (Phi) is 2.89. The van der Waals surface area contributed by atoms with Crippen molar-refractivity contribution in [3.05, 3.63) is 29.8 Å². The Morgan fingerprint density at radius 3 is 2.79 bits per heavy atom. The number of carbonyl (C=O) groups is 2. The van der Waals surface area contributed by atoms with Crippen molar-refractivity contribution in [2.75, 3.05) is 13.1 Å². The van der Waals surface area contributed by atoms with Gasteiger partial charge in [-0.25, -0.2) is 0 Å². The maximum Gasteiger partial charge on any atom is 0.308 e. The summed E-state index contributed by atoms with van der Waals surface area (Å²) in [5.41, 5.74) is 1.04. The fraction of sp³-hybridized carbons (Fsp3) is 0.429. The minimum absolute atomic E-state index is 0.0973. The van der Waals surface area contributed by atoms with Gasteiger partial charge in [-0.3, -0.25) is 9.59 Å². The van der Waals surface area contributed by atoms with Crippen LogP contribution in [0, 0.1) is 5.92 Å². The van der Waals surface area contributed by atoms with Crippen molar-refractivity contribution in [2.45, 2.75) is 18.9 Å². The molecule has 1 aromatic rings. The van der Waals surface area contributed by atoms with Crippen LogP contribution in [0.4, 0.5) is 0 Å². The summed E-state index contributed by atoms with van der Waals surface area (Å²) >= 11 is 0. The van der Waals surface area contributed by atoms with Gasteiger partial charge in [0.15, 0.2) is 6.10 Å². The number of aliphatic carboxylic acids is 1. The number of nitrogens with zero attached hydrogens (tertiary/aromatic N) is 1. The molecule has 2 atom stereocenters. The molecular formula is C14H15NO4. The number of carboxylic acid groups (broad SMARTS) is 1. The molecule has 2 unspecified atom stereocenters. The normalized spacial score (nSPS) is 24.9. The van der Waals surface area contributed by atoms with Gasteiger partial charge in [-0.05, 0) is 18.1 Å². The molecule has 2 aliphatic heterocycles. The maximum atomic E-state index is 12.3. The number of benzene rings is 1. The standard InChI is InChI=1S/C14H15NO4/c16-13(15-6-5-10(8-15)14(17)18)12-7-9-3-1-2-4-11(9)19-12/h1-4,10,12H,5-8H2,(H,17,18). The molecule has 1 fully saturated rings. The maximum absolute atomic E-state index is 12.3. The van der Waals surface area contributed by atoms with Gasteiger partial charge in [0.2, 0.25) is 0 Å². The zero-order valence-corrected chi connectivity index (χ0v) is 10.4. The van der Waals surface area contributed by atoms with Crippen molar-refractivity contribution in [1.82, 2.24) is 4.90 Å². The van der Waals surface area contributed by atoms with Crippen molar-refractivity contribution < 1.29 is 19.4 Å². The van der Waals surface area contributed by atoms with Crippen LogP contribution < -0.4 is 4.74 Å². The highest BCUT2D eigenvalue weighted by Gasteiger charge is 2.37. The lowest BCUT2D eigenvalue weighted by molar-refractivity contribution is -0.142.